The van der Waals surface area contributed by atoms with E-state index in [0.29, 0.717) is 12.1 Å². The maximum absolute atomic E-state index is 11.5. The lowest BCUT2D eigenvalue weighted by Crippen LogP contribution is -2.31. The molecular weight excluding hydrogens is 260 g/mol. The van der Waals surface area contributed by atoms with E-state index < -0.39 is 10.5 Å². The summed E-state index contributed by atoms with van der Waals surface area (Å²) in [5, 5.41) is 13.7. The molecule has 1 aromatic carbocycles. The molecule has 6 nitrogen and oxygen atoms in total. The summed E-state index contributed by atoms with van der Waals surface area (Å²) in [6.07, 6.45) is 0. The van der Waals surface area contributed by atoms with Crippen molar-refractivity contribution in [3.05, 3.63) is 39.4 Å². The van der Waals surface area contributed by atoms with E-state index >= 15 is 0 Å². The van der Waals surface area contributed by atoms with Gasteiger partial charge in [0.1, 0.15) is 5.60 Å². The number of rotatable bonds is 5. The molecule has 1 rings (SSSR count). The molecule has 20 heavy (non-hydrogen) atoms. The summed E-state index contributed by atoms with van der Waals surface area (Å²) in [6.45, 7) is 7.53. The topological polar surface area (TPSA) is 81.5 Å². The lowest BCUT2D eigenvalue weighted by atomic mass is 10.1. The smallest absolute Gasteiger partial charge is 0.320 e. The average molecular weight is 280 g/mol. The molecule has 6 heteroatoms. The molecule has 0 unspecified atom stereocenters. The second kappa shape index (κ2) is 6.47. The van der Waals surface area contributed by atoms with Crippen molar-refractivity contribution < 1.29 is 14.5 Å². The standard InChI is InChI=1S/C14H20N2O4/c1-10-5-6-11(7-12(10)16(18)19)8-15-9-13(17)20-14(2,3)4/h5-7,15H,8-9H2,1-4H3. The van der Waals surface area contributed by atoms with Gasteiger partial charge in [-0.2, -0.15) is 0 Å². The molecule has 1 N–H and O–H groups in total. The van der Waals surface area contributed by atoms with Gasteiger partial charge in [0.15, 0.2) is 0 Å². The zero-order valence-electron chi connectivity index (χ0n) is 12.2. The number of esters is 1. The predicted molar refractivity (Wildman–Crippen MR) is 75.4 cm³/mol. The predicted octanol–water partition coefficient (Wildman–Crippen LogP) is 2.33. The molecule has 0 heterocycles. The second-order valence-electron chi connectivity index (χ2n) is 5.57. The summed E-state index contributed by atoms with van der Waals surface area (Å²) in [4.78, 5) is 21.9. The molecule has 0 fully saturated rings. The van der Waals surface area contributed by atoms with Crippen LogP contribution >= 0.6 is 0 Å². The largest absolute Gasteiger partial charge is 0.459 e. The Morgan fingerprint density at radius 1 is 1.40 bits per heavy atom. The number of nitro benzene ring substituents is 1. The Labute approximate surface area is 118 Å². The molecule has 0 atom stereocenters. The lowest BCUT2D eigenvalue weighted by Gasteiger charge is -2.19. The molecule has 0 amide bonds. The fourth-order valence-electron chi connectivity index (χ4n) is 1.65. The average Bonchev–Trinajstić information content (AvgIpc) is 2.28. The Bertz CT molecular complexity index is 506. The summed E-state index contributed by atoms with van der Waals surface area (Å²) in [6, 6.07) is 5.00. The van der Waals surface area contributed by atoms with Crippen molar-refractivity contribution in [3.8, 4) is 0 Å². The van der Waals surface area contributed by atoms with Gasteiger partial charge in [0, 0.05) is 18.2 Å². The summed E-state index contributed by atoms with van der Waals surface area (Å²) in [5.41, 5.74) is 0.944. The van der Waals surface area contributed by atoms with E-state index in [4.69, 9.17) is 4.74 Å². The third-order valence-electron chi connectivity index (χ3n) is 2.49. The number of hydrogen-bond donors (Lipinski definition) is 1. The van der Waals surface area contributed by atoms with Crippen molar-refractivity contribution in [2.24, 2.45) is 0 Å². The highest BCUT2D eigenvalue weighted by atomic mass is 16.6. The number of nitrogens with zero attached hydrogens (tertiary/aromatic N) is 1. The van der Waals surface area contributed by atoms with Crippen molar-refractivity contribution in [2.45, 2.75) is 39.8 Å². The number of hydrogen-bond acceptors (Lipinski definition) is 5. The number of ether oxygens (including phenoxy) is 1. The Morgan fingerprint density at radius 3 is 2.60 bits per heavy atom. The molecule has 1 aromatic rings. The van der Waals surface area contributed by atoms with Crippen LogP contribution in [0, 0.1) is 17.0 Å². The summed E-state index contributed by atoms with van der Waals surface area (Å²) < 4.78 is 5.15. The number of carbonyl (C=O) groups excluding carboxylic acids is 1. The van der Waals surface area contributed by atoms with Crippen molar-refractivity contribution in [3.63, 3.8) is 0 Å². The van der Waals surface area contributed by atoms with Gasteiger partial charge in [0.25, 0.3) is 5.69 Å². The Hall–Kier alpha value is -1.95. The summed E-state index contributed by atoms with van der Waals surface area (Å²) >= 11 is 0. The van der Waals surface area contributed by atoms with Gasteiger partial charge < -0.3 is 10.1 Å². The summed E-state index contributed by atoms with van der Waals surface area (Å²) in [7, 11) is 0. The monoisotopic (exact) mass is 280 g/mol. The minimum Gasteiger partial charge on any atom is -0.459 e. The van der Waals surface area contributed by atoms with Gasteiger partial charge in [0.05, 0.1) is 11.5 Å². The molecule has 110 valence electrons. The molecule has 0 aliphatic carbocycles. The Morgan fingerprint density at radius 2 is 2.05 bits per heavy atom. The highest BCUT2D eigenvalue weighted by Crippen LogP contribution is 2.19. The van der Waals surface area contributed by atoms with Gasteiger partial charge in [-0.25, -0.2) is 0 Å². The highest BCUT2D eigenvalue weighted by molar-refractivity contribution is 5.72. The molecule has 0 saturated heterocycles. The Kier molecular flexibility index (Phi) is 5.21. The van der Waals surface area contributed by atoms with Crippen LogP contribution in [0.1, 0.15) is 31.9 Å². The minimum atomic E-state index is -0.512. The highest BCUT2D eigenvalue weighted by Gasteiger charge is 2.16. The maximum atomic E-state index is 11.5. The number of carbonyl (C=O) groups is 1. The van der Waals surface area contributed by atoms with Gasteiger partial charge in [-0.3, -0.25) is 14.9 Å². The van der Waals surface area contributed by atoms with Crippen LogP contribution in [0.3, 0.4) is 0 Å². The zero-order valence-corrected chi connectivity index (χ0v) is 12.2. The second-order valence-corrected chi connectivity index (χ2v) is 5.57. The van der Waals surface area contributed by atoms with E-state index in [2.05, 4.69) is 5.32 Å². The zero-order chi connectivity index (χ0) is 15.3. The van der Waals surface area contributed by atoms with E-state index in [1.165, 1.54) is 6.07 Å². The third kappa shape index (κ3) is 5.36. The molecule has 0 saturated carbocycles. The van der Waals surface area contributed by atoms with Crippen molar-refractivity contribution in [2.75, 3.05) is 6.54 Å². The molecule has 0 radical (unpaired) electrons. The maximum Gasteiger partial charge on any atom is 0.320 e. The normalized spacial score (nSPS) is 11.2. The van der Waals surface area contributed by atoms with Crippen LogP contribution in [-0.4, -0.2) is 23.0 Å². The quantitative estimate of drug-likeness (QED) is 0.508. The number of nitro groups is 1. The van der Waals surface area contributed by atoms with Crippen LogP contribution in [0.4, 0.5) is 5.69 Å². The van der Waals surface area contributed by atoms with E-state index in [-0.39, 0.29) is 18.2 Å². The van der Waals surface area contributed by atoms with Gasteiger partial charge in [-0.15, -0.1) is 0 Å². The molecule has 0 aromatic heterocycles. The SMILES string of the molecule is Cc1ccc(CNCC(=O)OC(C)(C)C)cc1[N+](=O)[O-]. The van der Waals surface area contributed by atoms with Gasteiger partial charge in [-0.05, 0) is 33.3 Å². The van der Waals surface area contributed by atoms with E-state index in [0.717, 1.165) is 5.56 Å². The van der Waals surface area contributed by atoms with Crippen LogP contribution in [0.5, 0.6) is 0 Å². The first-order valence-corrected chi connectivity index (χ1v) is 6.35. The van der Waals surface area contributed by atoms with Gasteiger partial charge in [-0.1, -0.05) is 12.1 Å². The number of aryl methyl sites for hydroxylation is 1. The molecule has 0 aliphatic rings. The van der Waals surface area contributed by atoms with Crippen LogP contribution < -0.4 is 5.32 Å². The fourth-order valence-corrected chi connectivity index (χ4v) is 1.65. The van der Waals surface area contributed by atoms with Crippen LogP contribution in [-0.2, 0) is 16.1 Å². The van der Waals surface area contributed by atoms with Crippen LogP contribution in [0.25, 0.3) is 0 Å². The van der Waals surface area contributed by atoms with Gasteiger partial charge >= 0.3 is 5.97 Å². The van der Waals surface area contributed by atoms with Crippen molar-refractivity contribution in [1.82, 2.24) is 5.32 Å². The number of nitrogens with one attached hydrogen (secondary N) is 1. The van der Waals surface area contributed by atoms with Crippen molar-refractivity contribution >= 4 is 11.7 Å². The van der Waals surface area contributed by atoms with E-state index in [1.807, 2.05) is 0 Å². The fraction of sp³-hybridized carbons (Fsp3) is 0.500. The first-order valence-electron chi connectivity index (χ1n) is 6.35. The van der Waals surface area contributed by atoms with Crippen LogP contribution in [0.2, 0.25) is 0 Å². The Balaban J connectivity index is 2.53. The summed E-state index contributed by atoms with van der Waals surface area (Å²) in [5.74, 6) is -0.348. The lowest BCUT2D eigenvalue weighted by molar-refractivity contribution is -0.385. The molecule has 0 bridgehead atoms. The van der Waals surface area contributed by atoms with Crippen LogP contribution in [0.15, 0.2) is 18.2 Å². The molecule has 0 spiro atoms. The molecular formula is C14H20N2O4. The minimum absolute atomic E-state index is 0.0684. The van der Waals surface area contributed by atoms with Gasteiger partial charge in [0.2, 0.25) is 0 Å². The number of benzene rings is 1. The van der Waals surface area contributed by atoms with Crippen molar-refractivity contribution in [1.29, 1.82) is 0 Å². The van der Waals surface area contributed by atoms with E-state index in [1.54, 1.807) is 39.8 Å². The first kappa shape index (κ1) is 16.1. The molecule has 0 aliphatic heterocycles. The first-order chi connectivity index (χ1) is 9.19. The third-order valence-corrected chi connectivity index (χ3v) is 2.49. The van der Waals surface area contributed by atoms with E-state index in [9.17, 15) is 14.9 Å².